The average molecular weight is 329 g/mol. The van der Waals surface area contributed by atoms with Crippen LogP contribution in [0.15, 0.2) is 38.4 Å². The van der Waals surface area contributed by atoms with Crippen LogP contribution in [0.1, 0.15) is 35.7 Å². The summed E-state index contributed by atoms with van der Waals surface area (Å²) in [6.45, 7) is 6.43. The molecule has 3 aromatic rings. The standard InChI is InChI=1S/C17H19N3O4/c1-10(2)8-20-9-19-16-14(17(20)22)13(11(3)24-16)15(21)18-7-12-5-4-6-23-12/h4-6,9-10H,7-8H2,1-3H3,(H,18,21). The highest BCUT2D eigenvalue weighted by molar-refractivity contribution is 6.06. The van der Waals surface area contributed by atoms with Crippen LogP contribution in [0.5, 0.6) is 0 Å². The lowest BCUT2D eigenvalue weighted by Gasteiger charge is -2.08. The maximum atomic E-state index is 12.7. The molecular formula is C17H19N3O4. The molecule has 0 fully saturated rings. The van der Waals surface area contributed by atoms with Crippen LogP contribution in [0.4, 0.5) is 0 Å². The third kappa shape index (κ3) is 2.97. The summed E-state index contributed by atoms with van der Waals surface area (Å²) in [6, 6.07) is 3.51. The van der Waals surface area contributed by atoms with E-state index in [0.717, 1.165) is 0 Å². The molecule has 0 aliphatic heterocycles. The molecule has 0 aliphatic rings. The second-order valence-electron chi connectivity index (χ2n) is 6.07. The Labute approximate surface area is 138 Å². The number of amides is 1. The quantitative estimate of drug-likeness (QED) is 0.776. The number of fused-ring (bicyclic) bond motifs is 1. The summed E-state index contributed by atoms with van der Waals surface area (Å²) in [7, 11) is 0. The van der Waals surface area contributed by atoms with Gasteiger partial charge < -0.3 is 14.2 Å². The fourth-order valence-electron chi connectivity index (χ4n) is 2.60. The van der Waals surface area contributed by atoms with E-state index in [2.05, 4.69) is 10.3 Å². The Morgan fingerprint density at radius 1 is 1.42 bits per heavy atom. The number of carbonyl (C=O) groups is 1. The minimum atomic E-state index is -0.385. The van der Waals surface area contributed by atoms with E-state index in [1.54, 1.807) is 19.1 Å². The van der Waals surface area contributed by atoms with E-state index in [0.29, 0.717) is 18.1 Å². The van der Waals surface area contributed by atoms with Crippen LogP contribution in [-0.2, 0) is 13.1 Å². The maximum absolute atomic E-state index is 12.7. The van der Waals surface area contributed by atoms with E-state index in [1.165, 1.54) is 17.2 Å². The van der Waals surface area contributed by atoms with E-state index in [-0.39, 0.29) is 40.6 Å². The monoisotopic (exact) mass is 329 g/mol. The predicted octanol–water partition coefficient (Wildman–Crippen LogP) is 2.48. The highest BCUT2D eigenvalue weighted by Crippen LogP contribution is 2.21. The smallest absolute Gasteiger partial charge is 0.265 e. The first-order valence-corrected chi connectivity index (χ1v) is 7.76. The van der Waals surface area contributed by atoms with Crippen molar-refractivity contribution in [3.8, 4) is 0 Å². The number of aromatic nitrogens is 2. The Morgan fingerprint density at radius 3 is 2.88 bits per heavy atom. The summed E-state index contributed by atoms with van der Waals surface area (Å²) in [5.74, 6) is 0.896. The van der Waals surface area contributed by atoms with Gasteiger partial charge in [-0.15, -0.1) is 0 Å². The fourth-order valence-corrected chi connectivity index (χ4v) is 2.60. The molecule has 0 saturated heterocycles. The van der Waals surface area contributed by atoms with Gasteiger partial charge in [-0.3, -0.25) is 14.2 Å². The van der Waals surface area contributed by atoms with Crippen molar-refractivity contribution < 1.29 is 13.6 Å². The van der Waals surface area contributed by atoms with Crippen molar-refractivity contribution >= 4 is 17.0 Å². The van der Waals surface area contributed by atoms with Crippen molar-refractivity contribution in [2.45, 2.75) is 33.9 Å². The van der Waals surface area contributed by atoms with Gasteiger partial charge in [-0.1, -0.05) is 13.8 Å². The molecule has 0 bridgehead atoms. The zero-order valence-corrected chi connectivity index (χ0v) is 13.8. The summed E-state index contributed by atoms with van der Waals surface area (Å²) in [5, 5.41) is 2.95. The largest absolute Gasteiger partial charge is 0.467 e. The number of furan rings is 2. The van der Waals surface area contributed by atoms with Crippen molar-refractivity contribution in [1.29, 1.82) is 0 Å². The molecule has 7 heteroatoms. The Bertz CT molecular complexity index is 919. The molecule has 3 heterocycles. The first kappa shape index (κ1) is 16.0. The van der Waals surface area contributed by atoms with Crippen molar-refractivity contribution in [1.82, 2.24) is 14.9 Å². The fraction of sp³-hybridized carbons (Fsp3) is 0.353. The van der Waals surface area contributed by atoms with Crippen LogP contribution in [0, 0.1) is 12.8 Å². The van der Waals surface area contributed by atoms with Gasteiger partial charge in [-0.05, 0) is 25.0 Å². The Kier molecular flexibility index (Phi) is 4.24. The van der Waals surface area contributed by atoms with Gasteiger partial charge in [0.25, 0.3) is 11.5 Å². The molecule has 0 radical (unpaired) electrons. The van der Waals surface area contributed by atoms with Crippen LogP contribution in [0.25, 0.3) is 11.1 Å². The van der Waals surface area contributed by atoms with Gasteiger partial charge in [0.05, 0.1) is 18.4 Å². The van der Waals surface area contributed by atoms with Gasteiger partial charge in [0.15, 0.2) is 0 Å². The van der Waals surface area contributed by atoms with Gasteiger partial charge in [0.2, 0.25) is 5.71 Å². The number of carbonyl (C=O) groups excluding carboxylic acids is 1. The van der Waals surface area contributed by atoms with Crippen molar-refractivity contribution in [3.63, 3.8) is 0 Å². The summed E-state index contributed by atoms with van der Waals surface area (Å²) < 4.78 is 12.2. The number of nitrogens with zero attached hydrogens (tertiary/aromatic N) is 2. The highest BCUT2D eigenvalue weighted by Gasteiger charge is 2.23. The third-order valence-corrected chi connectivity index (χ3v) is 3.65. The Hall–Kier alpha value is -2.83. The molecule has 3 rings (SSSR count). The SMILES string of the molecule is Cc1oc2ncn(CC(C)C)c(=O)c2c1C(=O)NCc1ccco1. The van der Waals surface area contributed by atoms with Crippen LogP contribution >= 0.6 is 0 Å². The minimum Gasteiger partial charge on any atom is -0.467 e. The lowest BCUT2D eigenvalue weighted by molar-refractivity contribution is 0.0948. The molecule has 1 amide bonds. The molecule has 3 aromatic heterocycles. The minimum absolute atomic E-state index is 0.181. The van der Waals surface area contributed by atoms with Gasteiger partial charge >= 0.3 is 0 Å². The first-order valence-electron chi connectivity index (χ1n) is 7.76. The van der Waals surface area contributed by atoms with E-state index < -0.39 is 0 Å². The van der Waals surface area contributed by atoms with Crippen molar-refractivity contribution in [2.24, 2.45) is 5.92 Å². The van der Waals surface area contributed by atoms with E-state index in [9.17, 15) is 9.59 Å². The van der Waals surface area contributed by atoms with E-state index >= 15 is 0 Å². The topological polar surface area (TPSA) is 90.3 Å². The lowest BCUT2D eigenvalue weighted by atomic mass is 10.1. The van der Waals surface area contributed by atoms with Gasteiger partial charge in [0, 0.05) is 6.54 Å². The number of rotatable bonds is 5. The van der Waals surface area contributed by atoms with Gasteiger partial charge in [-0.25, -0.2) is 4.98 Å². The Balaban J connectivity index is 1.98. The van der Waals surface area contributed by atoms with Crippen LogP contribution < -0.4 is 10.9 Å². The lowest BCUT2D eigenvalue weighted by Crippen LogP contribution is -2.27. The second-order valence-corrected chi connectivity index (χ2v) is 6.07. The summed E-state index contributed by atoms with van der Waals surface area (Å²) in [6.07, 6.45) is 2.99. The molecule has 24 heavy (non-hydrogen) atoms. The van der Waals surface area contributed by atoms with Crippen LogP contribution in [0.3, 0.4) is 0 Å². The maximum Gasteiger partial charge on any atom is 0.265 e. The van der Waals surface area contributed by atoms with Gasteiger partial charge in [-0.2, -0.15) is 0 Å². The first-order chi connectivity index (χ1) is 11.5. The summed E-state index contributed by atoms with van der Waals surface area (Å²) in [5.41, 5.74) is 0.140. The van der Waals surface area contributed by atoms with E-state index in [1.807, 2.05) is 13.8 Å². The predicted molar refractivity (Wildman–Crippen MR) is 87.7 cm³/mol. The number of nitrogens with one attached hydrogen (secondary N) is 1. The third-order valence-electron chi connectivity index (χ3n) is 3.65. The molecule has 0 spiro atoms. The molecule has 0 aliphatic carbocycles. The molecule has 1 N–H and O–H groups in total. The second kappa shape index (κ2) is 6.35. The summed E-state index contributed by atoms with van der Waals surface area (Å²) in [4.78, 5) is 29.4. The zero-order chi connectivity index (χ0) is 17.3. The Morgan fingerprint density at radius 2 is 2.21 bits per heavy atom. The zero-order valence-electron chi connectivity index (χ0n) is 13.8. The molecule has 0 unspecified atom stereocenters. The normalized spacial score (nSPS) is 11.3. The molecule has 0 atom stereocenters. The number of hydrogen-bond donors (Lipinski definition) is 1. The van der Waals surface area contributed by atoms with Crippen molar-refractivity contribution in [3.05, 3.63) is 52.2 Å². The molecular weight excluding hydrogens is 310 g/mol. The molecule has 7 nitrogen and oxygen atoms in total. The number of aryl methyl sites for hydroxylation is 1. The van der Waals surface area contributed by atoms with Crippen LogP contribution in [0.2, 0.25) is 0 Å². The molecule has 0 saturated carbocycles. The highest BCUT2D eigenvalue weighted by atomic mass is 16.3. The average Bonchev–Trinajstić information content (AvgIpc) is 3.14. The summed E-state index contributed by atoms with van der Waals surface area (Å²) >= 11 is 0. The number of hydrogen-bond acceptors (Lipinski definition) is 5. The molecule has 126 valence electrons. The van der Waals surface area contributed by atoms with Crippen molar-refractivity contribution in [2.75, 3.05) is 0 Å². The molecule has 0 aromatic carbocycles. The van der Waals surface area contributed by atoms with Gasteiger partial charge in [0.1, 0.15) is 23.2 Å². The van der Waals surface area contributed by atoms with Crippen LogP contribution in [-0.4, -0.2) is 15.5 Å². The van der Waals surface area contributed by atoms with E-state index in [4.69, 9.17) is 8.83 Å².